The number of para-hydroxylation sites is 1. The van der Waals surface area contributed by atoms with Gasteiger partial charge in [-0.05, 0) is 45.0 Å². The van der Waals surface area contributed by atoms with Gasteiger partial charge in [0.25, 0.3) is 5.91 Å². The highest BCUT2D eigenvalue weighted by atomic mass is 19.1. The van der Waals surface area contributed by atoms with E-state index in [-0.39, 0.29) is 17.4 Å². The fourth-order valence-electron chi connectivity index (χ4n) is 2.96. The minimum atomic E-state index is -0.383. The van der Waals surface area contributed by atoms with Gasteiger partial charge in [-0.1, -0.05) is 6.07 Å². The van der Waals surface area contributed by atoms with Crippen LogP contribution in [0.3, 0.4) is 0 Å². The SMILES string of the molecule is CNc1c(F)cccc1C(=O)N1CCC(CN(C)C)CC1. The predicted octanol–water partition coefficient (Wildman–Crippen LogP) is 2.28. The van der Waals surface area contributed by atoms with Crippen molar-refractivity contribution in [2.24, 2.45) is 5.92 Å². The van der Waals surface area contributed by atoms with Gasteiger partial charge in [0.1, 0.15) is 5.82 Å². The molecule has 0 aromatic heterocycles. The first kappa shape index (κ1) is 15.8. The number of piperidine rings is 1. The quantitative estimate of drug-likeness (QED) is 0.925. The second kappa shape index (κ2) is 6.89. The van der Waals surface area contributed by atoms with Crippen LogP contribution in [-0.4, -0.2) is 56.5 Å². The van der Waals surface area contributed by atoms with Crippen molar-refractivity contribution in [3.8, 4) is 0 Å². The van der Waals surface area contributed by atoms with Crippen LogP contribution < -0.4 is 5.32 Å². The van der Waals surface area contributed by atoms with Crippen LogP contribution in [0.4, 0.5) is 10.1 Å². The number of benzene rings is 1. The van der Waals surface area contributed by atoms with Crippen molar-refractivity contribution in [2.45, 2.75) is 12.8 Å². The summed E-state index contributed by atoms with van der Waals surface area (Å²) < 4.78 is 13.7. The summed E-state index contributed by atoms with van der Waals surface area (Å²) in [5.41, 5.74) is 0.710. The highest BCUT2D eigenvalue weighted by molar-refractivity contribution is 5.99. The van der Waals surface area contributed by atoms with E-state index >= 15 is 0 Å². The number of nitrogens with one attached hydrogen (secondary N) is 1. The Morgan fingerprint density at radius 1 is 1.38 bits per heavy atom. The lowest BCUT2D eigenvalue weighted by atomic mass is 9.95. The molecule has 0 saturated carbocycles. The molecule has 1 amide bonds. The fraction of sp³-hybridized carbons (Fsp3) is 0.562. The van der Waals surface area contributed by atoms with E-state index in [9.17, 15) is 9.18 Å². The molecule has 21 heavy (non-hydrogen) atoms. The Labute approximate surface area is 125 Å². The molecule has 0 atom stereocenters. The van der Waals surface area contributed by atoms with Crippen molar-refractivity contribution in [1.29, 1.82) is 0 Å². The number of anilines is 1. The van der Waals surface area contributed by atoms with Crippen LogP contribution in [0.2, 0.25) is 0 Å². The molecular formula is C16H24FN3O. The molecular weight excluding hydrogens is 269 g/mol. The highest BCUT2D eigenvalue weighted by Gasteiger charge is 2.25. The van der Waals surface area contributed by atoms with Crippen LogP contribution in [0.25, 0.3) is 0 Å². The Morgan fingerprint density at radius 2 is 2.05 bits per heavy atom. The second-order valence-corrected chi connectivity index (χ2v) is 5.91. The van der Waals surface area contributed by atoms with Gasteiger partial charge in [-0.2, -0.15) is 0 Å². The van der Waals surface area contributed by atoms with E-state index in [1.807, 2.05) is 4.90 Å². The zero-order chi connectivity index (χ0) is 15.4. The van der Waals surface area contributed by atoms with Crippen molar-refractivity contribution in [3.63, 3.8) is 0 Å². The number of rotatable bonds is 4. The average molecular weight is 293 g/mol. The molecule has 0 bridgehead atoms. The Kier molecular flexibility index (Phi) is 5.17. The molecule has 1 fully saturated rings. The molecule has 1 saturated heterocycles. The lowest BCUT2D eigenvalue weighted by Crippen LogP contribution is -2.40. The predicted molar refractivity (Wildman–Crippen MR) is 83.1 cm³/mol. The Bertz CT molecular complexity index is 496. The second-order valence-electron chi connectivity index (χ2n) is 5.91. The maximum absolute atomic E-state index is 13.7. The molecule has 0 radical (unpaired) electrons. The van der Waals surface area contributed by atoms with Crippen molar-refractivity contribution in [1.82, 2.24) is 9.80 Å². The summed E-state index contributed by atoms with van der Waals surface area (Å²) >= 11 is 0. The third kappa shape index (κ3) is 3.73. The zero-order valence-electron chi connectivity index (χ0n) is 13.0. The minimum Gasteiger partial charge on any atom is -0.385 e. The summed E-state index contributed by atoms with van der Waals surface area (Å²) in [6, 6.07) is 4.64. The summed E-state index contributed by atoms with van der Waals surface area (Å²) in [7, 11) is 5.78. The van der Waals surface area contributed by atoms with Crippen LogP contribution >= 0.6 is 0 Å². The number of likely N-dealkylation sites (tertiary alicyclic amines) is 1. The molecule has 1 aromatic rings. The van der Waals surface area contributed by atoms with Gasteiger partial charge < -0.3 is 15.1 Å². The normalized spacial score (nSPS) is 16.3. The van der Waals surface area contributed by atoms with E-state index in [4.69, 9.17) is 0 Å². The molecule has 0 aliphatic carbocycles. The maximum Gasteiger partial charge on any atom is 0.256 e. The van der Waals surface area contributed by atoms with Crippen LogP contribution in [-0.2, 0) is 0 Å². The van der Waals surface area contributed by atoms with Gasteiger partial charge >= 0.3 is 0 Å². The van der Waals surface area contributed by atoms with Crippen molar-refractivity contribution < 1.29 is 9.18 Å². The maximum atomic E-state index is 13.7. The molecule has 2 rings (SSSR count). The largest absolute Gasteiger partial charge is 0.385 e. The van der Waals surface area contributed by atoms with Gasteiger partial charge in [-0.3, -0.25) is 4.79 Å². The van der Waals surface area contributed by atoms with Crippen LogP contribution in [0, 0.1) is 11.7 Å². The van der Waals surface area contributed by atoms with E-state index in [0.29, 0.717) is 11.5 Å². The Morgan fingerprint density at radius 3 is 2.62 bits per heavy atom. The van der Waals surface area contributed by atoms with E-state index in [0.717, 1.165) is 32.5 Å². The van der Waals surface area contributed by atoms with E-state index in [1.165, 1.54) is 6.07 Å². The topological polar surface area (TPSA) is 35.6 Å². The number of hydrogen-bond acceptors (Lipinski definition) is 3. The lowest BCUT2D eigenvalue weighted by Gasteiger charge is -2.33. The van der Waals surface area contributed by atoms with Crippen LogP contribution in [0.1, 0.15) is 23.2 Å². The summed E-state index contributed by atoms with van der Waals surface area (Å²) in [6.07, 6.45) is 2.02. The molecule has 116 valence electrons. The summed E-state index contributed by atoms with van der Waals surface area (Å²) in [4.78, 5) is 16.6. The minimum absolute atomic E-state index is 0.0813. The van der Waals surface area contributed by atoms with Crippen LogP contribution in [0.15, 0.2) is 18.2 Å². The van der Waals surface area contributed by atoms with Crippen molar-refractivity contribution >= 4 is 11.6 Å². The third-order valence-electron chi connectivity index (χ3n) is 4.02. The van der Waals surface area contributed by atoms with Gasteiger partial charge in [-0.15, -0.1) is 0 Å². The summed E-state index contributed by atoms with van der Waals surface area (Å²) in [6.45, 7) is 2.55. The molecule has 1 aliphatic heterocycles. The third-order valence-corrected chi connectivity index (χ3v) is 4.02. The van der Waals surface area contributed by atoms with E-state index in [2.05, 4.69) is 24.3 Å². The van der Waals surface area contributed by atoms with Gasteiger partial charge in [0.05, 0.1) is 11.3 Å². The number of carbonyl (C=O) groups is 1. The summed E-state index contributed by atoms with van der Waals surface area (Å²) in [5, 5.41) is 2.79. The molecule has 1 N–H and O–H groups in total. The highest BCUT2D eigenvalue weighted by Crippen LogP contribution is 2.24. The average Bonchev–Trinajstić information content (AvgIpc) is 2.46. The standard InChI is InChI=1S/C16H24FN3O/c1-18-15-13(5-4-6-14(15)17)16(21)20-9-7-12(8-10-20)11-19(2)3/h4-6,12,18H,7-11H2,1-3H3. The monoisotopic (exact) mass is 293 g/mol. The first-order valence-corrected chi connectivity index (χ1v) is 7.43. The number of nitrogens with zero attached hydrogens (tertiary/aromatic N) is 2. The zero-order valence-corrected chi connectivity index (χ0v) is 13.0. The lowest BCUT2D eigenvalue weighted by molar-refractivity contribution is 0.0678. The van der Waals surface area contributed by atoms with Gasteiger partial charge in [-0.25, -0.2) is 4.39 Å². The number of amides is 1. The molecule has 0 unspecified atom stereocenters. The van der Waals surface area contributed by atoms with Crippen molar-refractivity contribution in [2.75, 3.05) is 46.1 Å². The number of carbonyl (C=O) groups excluding carboxylic acids is 1. The molecule has 4 nitrogen and oxygen atoms in total. The summed E-state index contributed by atoms with van der Waals surface area (Å²) in [5.74, 6) is 0.174. The van der Waals surface area contributed by atoms with Gasteiger partial charge in [0.15, 0.2) is 0 Å². The van der Waals surface area contributed by atoms with E-state index in [1.54, 1.807) is 19.2 Å². The van der Waals surface area contributed by atoms with E-state index < -0.39 is 0 Å². The molecule has 1 heterocycles. The molecule has 1 aliphatic rings. The first-order chi connectivity index (χ1) is 10.0. The first-order valence-electron chi connectivity index (χ1n) is 7.43. The Balaban J connectivity index is 2.04. The molecule has 1 aromatic carbocycles. The number of hydrogen-bond donors (Lipinski definition) is 1. The number of halogens is 1. The molecule has 0 spiro atoms. The van der Waals surface area contributed by atoms with Gasteiger partial charge in [0.2, 0.25) is 0 Å². The van der Waals surface area contributed by atoms with Gasteiger partial charge in [0, 0.05) is 26.7 Å². The Hall–Kier alpha value is -1.62. The molecule has 5 heteroatoms. The van der Waals surface area contributed by atoms with Crippen LogP contribution in [0.5, 0.6) is 0 Å². The smallest absolute Gasteiger partial charge is 0.256 e. The van der Waals surface area contributed by atoms with Crippen molar-refractivity contribution in [3.05, 3.63) is 29.6 Å². The fourth-order valence-corrected chi connectivity index (χ4v) is 2.96.